The van der Waals surface area contributed by atoms with Gasteiger partial charge in [0.25, 0.3) is 0 Å². The molecule has 0 aliphatic rings. The average molecular weight is 270 g/mol. The molecule has 0 aliphatic carbocycles. The van der Waals surface area contributed by atoms with Crippen molar-refractivity contribution in [3.8, 4) is 0 Å². The van der Waals surface area contributed by atoms with Crippen LogP contribution in [-0.2, 0) is 16.6 Å². The van der Waals surface area contributed by atoms with E-state index in [1.54, 1.807) is 6.07 Å². The topological polar surface area (TPSA) is 58.2 Å². The molecule has 0 heterocycles. The van der Waals surface area contributed by atoms with Crippen molar-refractivity contribution in [1.29, 1.82) is 0 Å². The van der Waals surface area contributed by atoms with E-state index in [-0.39, 0.29) is 6.04 Å². The lowest BCUT2D eigenvalue weighted by atomic mass is 10.1. The molecule has 0 amide bonds. The van der Waals surface area contributed by atoms with Gasteiger partial charge in [0.05, 0.1) is 4.90 Å². The molecule has 0 saturated heterocycles. The van der Waals surface area contributed by atoms with Crippen molar-refractivity contribution < 1.29 is 8.42 Å². The molecule has 2 N–H and O–H groups in total. The Labute approximate surface area is 110 Å². The molecule has 1 aromatic rings. The highest BCUT2D eigenvalue weighted by Crippen LogP contribution is 2.17. The van der Waals surface area contributed by atoms with Gasteiger partial charge in [-0.05, 0) is 44.5 Å². The van der Waals surface area contributed by atoms with E-state index in [2.05, 4.69) is 10.0 Å². The highest BCUT2D eigenvalue weighted by molar-refractivity contribution is 7.89. The van der Waals surface area contributed by atoms with E-state index in [9.17, 15) is 8.42 Å². The van der Waals surface area contributed by atoms with Crippen LogP contribution in [-0.4, -0.2) is 21.5 Å². The van der Waals surface area contributed by atoms with E-state index in [4.69, 9.17) is 0 Å². The van der Waals surface area contributed by atoms with Crippen LogP contribution in [0.3, 0.4) is 0 Å². The number of aryl methyl sites for hydroxylation is 1. The van der Waals surface area contributed by atoms with E-state index in [0.717, 1.165) is 17.5 Å². The molecular weight excluding hydrogens is 248 g/mol. The fraction of sp³-hybridized carbons (Fsp3) is 0.538. The molecule has 0 fully saturated rings. The van der Waals surface area contributed by atoms with Gasteiger partial charge in [-0.15, -0.1) is 0 Å². The Morgan fingerprint density at radius 2 is 2.00 bits per heavy atom. The SMILES string of the molecule is CCC(C)NS(=O)(=O)c1cc(CNC)ccc1C. The van der Waals surface area contributed by atoms with Crippen LogP contribution < -0.4 is 10.0 Å². The zero-order valence-electron chi connectivity index (χ0n) is 11.4. The summed E-state index contributed by atoms with van der Waals surface area (Å²) in [5.41, 5.74) is 1.73. The first-order valence-electron chi connectivity index (χ1n) is 6.17. The Morgan fingerprint density at radius 1 is 1.33 bits per heavy atom. The van der Waals surface area contributed by atoms with Crippen LogP contribution in [0.5, 0.6) is 0 Å². The fourth-order valence-electron chi connectivity index (χ4n) is 1.66. The number of benzene rings is 1. The van der Waals surface area contributed by atoms with Gasteiger partial charge in [0, 0.05) is 12.6 Å². The number of nitrogens with one attached hydrogen (secondary N) is 2. The lowest BCUT2D eigenvalue weighted by molar-refractivity contribution is 0.555. The lowest BCUT2D eigenvalue weighted by Gasteiger charge is -2.14. The zero-order chi connectivity index (χ0) is 13.8. The van der Waals surface area contributed by atoms with Crippen LogP contribution in [0.4, 0.5) is 0 Å². The Kier molecular flexibility index (Phi) is 5.31. The molecule has 0 radical (unpaired) electrons. The normalized spacial score (nSPS) is 13.6. The molecule has 0 aromatic heterocycles. The third-order valence-corrected chi connectivity index (χ3v) is 4.62. The molecule has 1 aromatic carbocycles. The van der Waals surface area contributed by atoms with Gasteiger partial charge < -0.3 is 5.32 Å². The van der Waals surface area contributed by atoms with E-state index in [1.165, 1.54) is 0 Å². The number of sulfonamides is 1. The second-order valence-corrected chi connectivity index (χ2v) is 6.24. The molecule has 1 atom stereocenters. The molecule has 0 aliphatic heterocycles. The maximum atomic E-state index is 12.2. The van der Waals surface area contributed by atoms with Crippen molar-refractivity contribution >= 4 is 10.0 Å². The predicted octanol–water partition coefficient (Wildman–Crippen LogP) is 1.79. The van der Waals surface area contributed by atoms with E-state index < -0.39 is 10.0 Å². The van der Waals surface area contributed by atoms with Crippen molar-refractivity contribution in [2.45, 2.75) is 44.7 Å². The minimum atomic E-state index is -3.42. The summed E-state index contributed by atoms with van der Waals surface area (Å²) in [6.45, 7) is 6.29. The van der Waals surface area contributed by atoms with Gasteiger partial charge >= 0.3 is 0 Å². The Morgan fingerprint density at radius 3 is 2.56 bits per heavy atom. The minimum Gasteiger partial charge on any atom is -0.316 e. The summed E-state index contributed by atoms with van der Waals surface area (Å²) in [6.07, 6.45) is 0.772. The van der Waals surface area contributed by atoms with Crippen molar-refractivity contribution in [3.05, 3.63) is 29.3 Å². The summed E-state index contributed by atoms with van der Waals surface area (Å²) in [7, 11) is -1.58. The minimum absolute atomic E-state index is 0.0534. The molecular formula is C13H22N2O2S. The van der Waals surface area contributed by atoms with Gasteiger partial charge in [-0.1, -0.05) is 19.1 Å². The Balaban J connectivity index is 3.10. The number of hydrogen-bond acceptors (Lipinski definition) is 3. The largest absolute Gasteiger partial charge is 0.316 e. The summed E-state index contributed by atoms with van der Waals surface area (Å²) in [5.74, 6) is 0. The lowest BCUT2D eigenvalue weighted by Crippen LogP contribution is -2.32. The van der Waals surface area contributed by atoms with E-state index in [1.807, 2.05) is 40.0 Å². The summed E-state index contributed by atoms with van der Waals surface area (Å²) in [4.78, 5) is 0.371. The second kappa shape index (κ2) is 6.31. The van der Waals surface area contributed by atoms with Crippen LogP contribution in [0, 0.1) is 6.92 Å². The summed E-state index contributed by atoms with van der Waals surface area (Å²) in [6, 6.07) is 5.46. The standard InChI is InChI=1S/C13H22N2O2S/c1-5-11(3)15-18(16,17)13-8-12(9-14-4)7-6-10(13)2/h6-8,11,14-15H,5,9H2,1-4H3. The predicted molar refractivity (Wildman–Crippen MR) is 74.0 cm³/mol. The van der Waals surface area contributed by atoms with Crippen molar-refractivity contribution in [1.82, 2.24) is 10.0 Å². The second-order valence-electron chi connectivity index (χ2n) is 4.56. The quantitative estimate of drug-likeness (QED) is 0.828. The first-order chi connectivity index (χ1) is 8.40. The first kappa shape index (κ1) is 15.1. The Bertz CT molecular complexity index is 498. The third kappa shape index (κ3) is 3.80. The summed E-state index contributed by atoms with van der Waals surface area (Å²) < 4.78 is 27.2. The monoisotopic (exact) mass is 270 g/mol. The molecule has 0 spiro atoms. The molecule has 1 unspecified atom stereocenters. The van der Waals surface area contributed by atoms with Gasteiger partial charge in [-0.25, -0.2) is 13.1 Å². The third-order valence-electron chi connectivity index (χ3n) is 2.89. The zero-order valence-corrected chi connectivity index (χ0v) is 12.3. The van der Waals surface area contributed by atoms with E-state index in [0.29, 0.717) is 11.4 Å². The molecule has 4 nitrogen and oxygen atoms in total. The maximum Gasteiger partial charge on any atom is 0.241 e. The van der Waals surface area contributed by atoms with Crippen LogP contribution >= 0.6 is 0 Å². The number of rotatable bonds is 6. The maximum absolute atomic E-state index is 12.2. The molecule has 1 rings (SSSR count). The van der Waals surface area contributed by atoms with E-state index >= 15 is 0 Å². The van der Waals surface area contributed by atoms with Crippen LogP contribution in [0.2, 0.25) is 0 Å². The summed E-state index contributed by atoms with van der Waals surface area (Å²) in [5, 5.41) is 3.02. The van der Waals surface area contributed by atoms with Crippen molar-refractivity contribution in [2.24, 2.45) is 0 Å². The Hall–Kier alpha value is -0.910. The van der Waals surface area contributed by atoms with Crippen LogP contribution in [0.15, 0.2) is 23.1 Å². The molecule has 18 heavy (non-hydrogen) atoms. The molecule has 102 valence electrons. The van der Waals surface area contributed by atoms with Gasteiger partial charge in [0.1, 0.15) is 0 Å². The van der Waals surface area contributed by atoms with Gasteiger partial charge in [0.2, 0.25) is 10.0 Å². The van der Waals surface area contributed by atoms with Gasteiger partial charge in [-0.3, -0.25) is 0 Å². The smallest absolute Gasteiger partial charge is 0.241 e. The highest BCUT2D eigenvalue weighted by Gasteiger charge is 2.19. The van der Waals surface area contributed by atoms with Crippen molar-refractivity contribution in [2.75, 3.05) is 7.05 Å². The van der Waals surface area contributed by atoms with Gasteiger partial charge in [0.15, 0.2) is 0 Å². The summed E-state index contributed by atoms with van der Waals surface area (Å²) >= 11 is 0. The van der Waals surface area contributed by atoms with Crippen molar-refractivity contribution in [3.63, 3.8) is 0 Å². The average Bonchev–Trinajstić information content (AvgIpc) is 2.31. The first-order valence-corrected chi connectivity index (χ1v) is 7.65. The molecule has 5 heteroatoms. The van der Waals surface area contributed by atoms with Gasteiger partial charge in [-0.2, -0.15) is 0 Å². The van der Waals surface area contributed by atoms with Crippen LogP contribution in [0.25, 0.3) is 0 Å². The van der Waals surface area contributed by atoms with Crippen LogP contribution in [0.1, 0.15) is 31.4 Å². The fourth-order valence-corrected chi connectivity index (χ4v) is 3.28. The molecule has 0 bridgehead atoms. The molecule has 0 saturated carbocycles. The number of hydrogen-bond donors (Lipinski definition) is 2. The highest BCUT2D eigenvalue weighted by atomic mass is 32.2.